The molecule has 0 aliphatic carbocycles. The van der Waals surface area contributed by atoms with Crippen molar-refractivity contribution >= 4 is 11.8 Å². The zero-order valence-corrected chi connectivity index (χ0v) is 11.5. The highest BCUT2D eigenvalue weighted by Crippen LogP contribution is 2.19. The normalized spacial score (nSPS) is 19.4. The van der Waals surface area contributed by atoms with E-state index in [9.17, 15) is 9.59 Å². The maximum atomic E-state index is 12.3. The molecule has 2 amide bonds. The summed E-state index contributed by atoms with van der Waals surface area (Å²) in [4.78, 5) is 28.0. The SMILES string of the molecule is C=C(C(=C)C(=O)N1CCCC1)C(=O)N1CCCCC1. The number of carbonyl (C=O) groups is 2. The smallest absolute Gasteiger partial charge is 0.254 e. The average molecular weight is 262 g/mol. The highest BCUT2D eigenvalue weighted by atomic mass is 16.2. The standard InChI is InChI=1S/C15H22N2O2/c1-12(14(18)16-8-4-3-5-9-16)13(2)15(19)17-10-6-7-11-17/h1-11H2. The summed E-state index contributed by atoms with van der Waals surface area (Å²) in [6, 6.07) is 0. The molecule has 2 heterocycles. The van der Waals surface area contributed by atoms with Gasteiger partial charge in [-0.3, -0.25) is 9.59 Å². The van der Waals surface area contributed by atoms with Crippen LogP contribution in [0.2, 0.25) is 0 Å². The first-order valence-corrected chi connectivity index (χ1v) is 7.08. The van der Waals surface area contributed by atoms with Crippen LogP contribution in [0.5, 0.6) is 0 Å². The van der Waals surface area contributed by atoms with Crippen LogP contribution in [0.4, 0.5) is 0 Å². The first-order valence-electron chi connectivity index (χ1n) is 7.08. The van der Waals surface area contributed by atoms with E-state index in [1.54, 1.807) is 9.80 Å². The fourth-order valence-electron chi connectivity index (χ4n) is 2.66. The molecule has 2 aliphatic heterocycles. The van der Waals surface area contributed by atoms with Gasteiger partial charge in [0.2, 0.25) is 0 Å². The lowest BCUT2D eigenvalue weighted by Crippen LogP contribution is -2.38. The summed E-state index contributed by atoms with van der Waals surface area (Å²) in [7, 11) is 0. The second-order valence-electron chi connectivity index (χ2n) is 5.31. The van der Waals surface area contributed by atoms with Crippen molar-refractivity contribution < 1.29 is 9.59 Å². The van der Waals surface area contributed by atoms with Gasteiger partial charge in [-0.2, -0.15) is 0 Å². The molecular weight excluding hydrogens is 240 g/mol. The number of amides is 2. The van der Waals surface area contributed by atoms with Crippen molar-refractivity contribution in [2.24, 2.45) is 0 Å². The topological polar surface area (TPSA) is 40.6 Å². The van der Waals surface area contributed by atoms with Crippen LogP contribution in [0.25, 0.3) is 0 Å². The Morgan fingerprint density at radius 3 is 1.32 bits per heavy atom. The van der Waals surface area contributed by atoms with E-state index in [0.29, 0.717) is 0 Å². The van der Waals surface area contributed by atoms with Crippen molar-refractivity contribution in [2.45, 2.75) is 32.1 Å². The lowest BCUT2D eigenvalue weighted by molar-refractivity contribution is -0.130. The van der Waals surface area contributed by atoms with Gasteiger partial charge < -0.3 is 9.80 Å². The molecule has 4 heteroatoms. The minimum Gasteiger partial charge on any atom is -0.339 e. The van der Waals surface area contributed by atoms with Crippen molar-refractivity contribution in [2.75, 3.05) is 26.2 Å². The molecule has 0 N–H and O–H groups in total. The van der Waals surface area contributed by atoms with Crippen LogP contribution in [0.3, 0.4) is 0 Å². The van der Waals surface area contributed by atoms with Crippen molar-refractivity contribution in [3.8, 4) is 0 Å². The van der Waals surface area contributed by atoms with E-state index in [-0.39, 0.29) is 23.0 Å². The van der Waals surface area contributed by atoms with E-state index >= 15 is 0 Å². The summed E-state index contributed by atoms with van der Waals surface area (Å²) in [6.07, 6.45) is 5.30. The molecule has 2 rings (SSSR count). The highest BCUT2D eigenvalue weighted by molar-refractivity contribution is 6.10. The van der Waals surface area contributed by atoms with Gasteiger partial charge in [-0.25, -0.2) is 0 Å². The van der Waals surface area contributed by atoms with Crippen molar-refractivity contribution in [3.05, 3.63) is 24.3 Å². The van der Waals surface area contributed by atoms with Crippen LogP contribution in [-0.4, -0.2) is 47.8 Å². The molecule has 4 nitrogen and oxygen atoms in total. The predicted octanol–water partition coefficient (Wildman–Crippen LogP) is 1.73. The number of rotatable bonds is 3. The molecule has 19 heavy (non-hydrogen) atoms. The third-order valence-corrected chi connectivity index (χ3v) is 3.92. The van der Waals surface area contributed by atoms with E-state index in [1.165, 1.54) is 6.42 Å². The van der Waals surface area contributed by atoms with E-state index in [1.807, 2.05) is 0 Å². The van der Waals surface area contributed by atoms with Crippen LogP contribution in [-0.2, 0) is 9.59 Å². The third-order valence-electron chi connectivity index (χ3n) is 3.92. The number of hydrogen-bond acceptors (Lipinski definition) is 2. The number of nitrogens with zero attached hydrogens (tertiary/aromatic N) is 2. The first-order chi connectivity index (χ1) is 9.11. The Hall–Kier alpha value is -1.58. The molecule has 0 bridgehead atoms. The molecule has 0 radical (unpaired) electrons. The molecule has 0 unspecified atom stereocenters. The number of hydrogen-bond donors (Lipinski definition) is 0. The molecule has 2 fully saturated rings. The minimum atomic E-state index is -0.132. The average Bonchev–Trinajstić information content (AvgIpc) is 2.99. The van der Waals surface area contributed by atoms with Gasteiger partial charge in [0.25, 0.3) is 11.8 Å². The number of likely N-dealkylation sites (tertiary alicyclic amines) is 2. The summed E-state index contributed by atoms with van der Waals surface area (Å²) in [5, 5.41) is 0. The lowest BCUT2D eigenvalue weighted by atomic mass is 10.0. The first kappa shape index (κ1) is 13.8. The van der Waals surface area contributed by atoms with Crippen molar-refractivity contribution in [1.82, 2.24) is 9.80 Å². The van der Waals surface area contributed by atoms with Crippen molar-refractivity contribution in [3.63, 3.8) is 0 Å². The van der Waals surface area contributed by atoms with Crippen LogP contribution in [0.15, 0.2) is 24.3 Å². The zero-order valence-electron chi connectivity index (χ0n) is 11.5. The van der Waals surface area contributed by atoms with Gasteiger partial charge in [0.05, 0.1) is 0 Å². The third kappa shape index (κ3) is 3.06. The Balaban J connectivity index is 1.95. The molecule has 0 atom stereocenters. The summed E-state index contributed by atoms with van der Waals surface area (Å²) in [6.45, 7) is 10.6. The summed E-state index contributed by atoms with van der Waals surface area (Å²) in [5.74, 6) is -0.259. The van der Waals surface area contributed by atoms with Gasteiger partial charge in [0, 0.05) is 37.3 Å². The van der Waals surface area contributed by atoms with Gasteiger partial charge >= 0.3 is 0 Å². The van der Waals surface area contributed by atoms with Crippen LogP contribution in [0.1, 0.15) is 32.1 Å². The Morgan fingerprint density at radius 2 is 0.947 bits per heavy atom. The van der Waals surface area contributed by atoms with E-state index in [4.69, 9.17) is 0 Å². The molecular formula is C15H22N2O2. The number of piperidine rings is 1. The Bertz CT molecular complexity index is 402. The molecule has 2 saturated heterocycles. The van der Waals surface area contributed by atoms with E-state index in [0.717, 1.165) is 51.9 Å². The minimum absolute atomic E-state index is 0.128. The maximum absolute atomic E-state index is 12.3. The summed E-state index contributed by atoms with van der Waals surface area (Å²) < 4.78 is 0. The summed E-state index contributed by atoms with van der Waals surface area (Å²) >= 11 is 0. The fourth-order valence-corrected chi connectivity index (χ4v) is 2.66. The molecule has 104 valence electrons. The predicted molar refractivity (Wildman–Crippen MR) is 74.5 cm³/mol. The molecule has 0 aromatic carbocycles. The van der Waals surface area contributed by atoms with E-state index in [2.05, 4.69) is 13.2 Å². The van der Waals surface area contributed by atoms with E-state index < -0.39 is 0 Å². The molecule has 0 aromatic rings. The Kier molecular flexibility index (Phi) is 4.40. The van der Waals surface area contributed by atoms with Gasteiger partial charge in [0.15, 0.2) is 0 Å². The highest BCUT2D eigenvalue weighted by Gasteiger charge is 2.27. The largest absolute Gasteiger partial charge is 0.339 e. The van der Waals surface area contributed by atoms with Crippen LogP contribution < -0.4 is 0 Å². The van der Waals surface area contributed by atoms with Gasteiger partial charge in [0.1, 0.15) is 0 Å². The Labute approximate surface area is 114 Å². The van der Waals surface area contributed by atoms with Gasteiger partial charge in [-0.1, -0.05) is 13.2 Å². The molecule has 0 saturated carbocycles. The number of carbonyl (C=O) groups excluding carboxylic acids is 2. The second-order valence-corrected chi connectivity index (χ2v) is 5.31. The Morgan fingerprint density at radius 1 is 0.632 bits per heavy atom. The lowest BCUT2D eigenvalue weighted by Gasteiger charge is -2.28. The van der Waals surface area contributed by atoms with Gasteiger partial charge in [-0.05, 0) is 32.1 Å². The molecule has 0 aromatic heterocycles. The summed E-state index contributed by atoms with van der Waals surface area (Å²) in [5.41, 5.74) is 0.524. The molecule has 0 spiro atoms. The zero-order chi connectivity index (χ0) is 13.8. The molecule has 2 aliphatic rings. The quantitative estimate of drug-likeness (QED) is 0.574. The maximum Gasteiger partial charge on any atom is 0.254 e. The fraction of sp³-hybridized carbons (Fsp3) is 0.600. The van der Waals surface area contributed by atoms with Crippen LogP contribution in [0, 0.1) is 0 Å². The second kappa shape index (κ2) is 6.04. The monoisotopic (exact) mass is 262 g/mol. The van der Waals surface area contributed by atoms with Gasteiger partial charge in [-0.15, -0.1) is 0 Å². The van der Waals surface area contributed by atoms with Crippen LogP contribution >= 0.6 is 0 Å². The van der Waals surface area contributed by atoms with Crippen molar-refractivity contribution in [1.29, 1.82) is 0 Å².